The number of allylic oxidation sites excluding steroid dienone is 1. The summed E-state index contributed by atoms with van der Waals surface area (Å²) in [6, 6.07) is 15.2. The van der Waals surface area contributed by atoms with Gasteiger partial charge >= 0.3 is 0 Å². The van der Waals surface area contributed by atoms with Crippen LogP contribution >= 0.6 is 11.8 Å². The second kappa shape index (κ2) is 9.14. The highest BCUT2D eigenvalue weighted by Gasteiger charge is 2.22. The Hall–Kier alpha value is -2.79. The van der Waals surface area contributed by atoms with Crippen molar-refractivity contribution in [3.05, 3.63) is 76.2 Å². The summed E-state index contributed by atoms with van der Waals surface area (Å²) in [5.74, 6) is -0.248. The van der Waals surface area contributed by atoms with Crippen LogP contribution in [0.4, 0.5) is 5.69 Å². The predicted octanol–water partition coefficient (Wildman–Crippen LogP) is 5.39. The fourth-order valence-corrected chi connectivity index (χ4v) is 4.50. The summed E-state index contributed by atoms with van der Waals surface area (Å²) >= 11 is 1.43. The number of anilines is 1. The van der Waals surface area contributed by atoms with Crippen molar-refractivity contribution in [3.63, 3.8) is 0 Å². The maximum Gasteiger partial charge on any atom is 0.262 e. The molecule has 0 atom stereocenters. The Labute approximate surface area is 175 Å². The molecule has 2 aromatic carbocycles. The van der Waals surface area contributed by atoms with Crippen molar-refractivity contribution in [1.82, 2.24) is 5.32 Å². The van der Waals surface area contributed by atoms with Gasteiger partial charge in [0.15, 0.2) is 0 Å². The number of benzene rings is 2. The number of carbonyl (C=O) groups is 2. The van der Waals surface area contributed by atoms with E-state index in [4.69, 9.17) is 0 Å². The Kier molecular flexibility index (Phi) is 6.15. The number of carbonyl (C=O) groups excluding carboxylic acids is 2. The van der Waals surface area contributed by atoms with Crippen LogP contribution in [-0.4, -0.2) is 18.4 Å². The Bertz CT molecular complexity index is 980. The molecule has 4 nitrogen and oxygen atoms in total. The molecule has 2 amide bonds. The normalized spacial score (nSPS) is 17.3. The van der Waals surface area contributed by atoms with E-state index >= 15 is 0 Å². The molecule has 1 heterocycles. The molecular formula is C24H24N2O2S. The standard InChI is InChI=1S/C24H24N2O2S/c27-23(25-14-13-17-7-3-1-4-8-17)19-11-12-21-20(16-19)26-24(28)22(29-21)15-18-9-5-2-6-10-18/h2,5-7,9-12,15-16H,1,3-4,8,13-14H2,(H,25,27)(H,26,28)/b22-15-. The molecule has 0 saturated carbocycles. The molecule has 2 aromatic rings. The van der Waals surface area contributed by atoms with Crippen LogP contribution < -0.4 is 10.6 Å². The fraction of sp³-hybridized carbons (Fsp3) is 0.250. The van der Waals surface area contributed by atoms with Gasteiger partial charge in [0, 0.05) is 17.0 Å². The Morgan fingerprint density at radius 2 is 2.00 bits per heavy atom. The van der Waals surface area contributed by atoms with E-state index in [0.29, 0.717) is 22.7 Å². The van der Waals surface area contributed by atoms with Crippen molar-refractivity contribution in [3.8, 4) is 0 Å². The van der Waals surface area contributed by atoms with Crippen molar-refractivity contribution in [2.45, 2.75) is 37.0 Å². The largest absolute Gasteiger partial charge is 0.352 e. The molecule has 0 bridgehead atoms. The second-order valence-electron chi connectivity index (χ2n) is 7.30. The van der Waals surface area contributed by atoms with Gasteiger partial charge in [0.2, 0.25) is 0 Å². The number of rotatable bonds is 5. The third-order valence-electron chi connectivity index (χ3n) is 5.15. The molecule has 2 N–H and O–H groups in total. The maximum atomic E-state index is 12.5. The summed E-state index contributed by atoms with van der Waals surface area (Å²) in [5, 5.41) is 5.91. The first-order valence-electron chi connectivity index (χ1n) is 10.1. The minimum atomic E-state index is -0.145. The Balaban J connectivity index is 1.41. The molecule has 0 spiro atoms. The van der Waals surface area contributed by atoms with Crippen LogP contribution in [-0.2, 0) is 4.79 Å². The number of hydrogen-bond acceptors (Lipinski definition) is 3. The van der Waals surface area contributed by atoms with Gasteiger partial charge in [0.1, 0.15) is 0 Å². The quantitative estimate of drug-likeness (QED) is 0.519. The summed E-state index contributed by atoms with van der Waals surface area (Å²) in [4.78, 5) is 26.6. The molecule has 5 heteroatoms. The zero-order valence-electron chi connectivity index (χ0n) is 16.2. The van der Waals surface area contributed by atoms with Gasteiger partial charge < -0.3 is 10.6 Å². The molecule has 1 aliphatic carbocycles. The van der Waals surface area contributed by atoms with E-state index in [2.05, 4.69) is 16.7 Å². The van der Waals surface area contributed by atoms with E-state index in [-0.39, 0.29) is 11.8 Å². The molecule has 4 rings (SSSR count). The zero-order valence-corrected chi connectivity index (χ0v) is 17.1. The van der Waals surface area contributed by atoms with Crippen molar-refractivity contribution in [2.24, 2.45) is 0 Å². The minimum absolute atomic E-state index is 0.103. The minimum Gasteiger partial charge on any atom is -0.352 e. The average molecular weight is 405 g/mol. The first-order valence-corrected chi connectivity index (χ1v) is 10.9. The molecule has 0 fully saturated rings. The van der Waals surface area contributed by atoms with Crippen LogP contribution in [0.2, 0.25) is 0 Å². The second-order valence-corrected chi connectivity index (χ2v) is 8.38. The number of thioether (sulfide) groups is 1. The first kappa shape index (κ1) is 19.5. The van der Waals surface area contributed by atoms with E-state index < -0.39 is 0 Å². The van der Waals surface area contributed by atoms with Crippen molar-refractivity contribution in [2.75, 3.05) is 11.9 Å². The highest BCUT2D eigenvalue weighted by molar-refractivity contribution is 8.04. The van der Waals surface area contributed by atoms with Crippen molar-refractivity contribution >= 4 is 35.3 Å². The van der Waals surface area contributed by atoms with Gasteiger partial charge in [-0.05, 0) is 61.9 Å². The van der Waals surface area contributed by atoms with Gasteiger partial charge in [-0.1, -0.05) is 53.7 Å². The SMILES string of the molecule is O=C1Nc2cc(C(=O)NCCC3=CCCCC3)ccc2S/C1=C\c1ccccc1. The van der Waals surface area contributed by atoms with Gasteiger partial charge in [-0.15, -0.1) is 0 Å². The highest BCUT2D eigenvalue weighted by atomic mass is 32.2. The number of hydrogen-bond donors (Lipinski definition) is 2. The summed E-state index contributed by atoms with van der Waals surface area (Å²) in [6.45, 7) is 0.646. The van der Waals surface area contributed by atoms with Gasteiger partial charge in [-0.3, -0.25) is 9.59 Å². The monoisotopic (exact) mass is 404 g/mol. The third-order valence-corrected chi connectivity index (χ3v) is 6.25. The molecule has 0 radical (unpaired) electrons. The molecule has 29 heavy (non-hydrogen) atoms. The Morgan fingerprint density at radius 3 is 2.79 bits per heavy atom. The van der Waals surface area contributed by atoms with Crippen molar-refractivity contribution < 1.29 is 9.59 Å². The van der Waals surface area contributed by atoms with Crippen LogP contribution in [0.25, 0.3) is 6.08 Å². The van der Waals surface area contributed by atoms with Crippen molar-refractivity contribution in [1.29, 1.82) is 0 Å². The first-order chi connectivity index (χ1) is 14.2. The summed E-state index contributed by atoms with van der Waals surface area (Å²) in [7, 11) is 0. The van der Waals surface area contributed by atoms with Gasteiger partial charge in [-0.25, -0.2) is 0 Å². The van der Waals surface area contributed by atoms with E-state index in [1.165, 1.54) is 30.2 Å². The molecule has 0 unspecified atom stereocenters. The lowest BCUT2D eigenvalue weighted by molar-refractivity contribution is -0.112. The highest BCUT2D eigenvalue weighted by Crippen LogP contribution is 2.39. The van der Waals surface area contributed by atoms with Gasteiger partial charge in [0.25, 0.3) is 11.8 Å². The molecule has 148 valence electrons. The van der Waals surface area contributed by atoms with Crippen LogP contribution in [0.1, 0.15) is 48.0 Å². The summed E-state index contributed by atoms with van der Waals surface area (Å²) < 4.78 is 0. The van der Waals surface area contributed by atoms with E-state index in [1.807, 2.05) is 48.5 Å². The van der Waals surface area contributed by atoms with E-state index in [9.17, 15) is 9.59 Å². The molecule has 0 saturated heterocycles. The lowest BCUT2D eigenvalue weighted by Crippen LogP contribution is -2.25. The molecule has 2 aliphatic rings. The number of amides is 2. The lowest BCUT2D eigenvalue weighted by atomic mass is 9.97. The smallest absolute Gasteiger partial charge is 0.262 e. The average Bonchev–Trinajstić information content (AvgIpc) is 2.75. The van der Waals surface area contributed by atoms with Crippen LogP contribution in [0, 0.1) is 0 Å². The van der Waals surface area contributed by atoms with Crippen LogP contribution in [0.15, 0.2) is 70.0 Å². The topological polar surface area (TPSA) is 58.2 Å². The number of nitrogens with one attached hydrogen (secondary N) is 2. The zero-order chi connectivity index (χ0) is 20.1. The molecule has 1 aliphatic heterocycles. The predicted molar refractivity (Wildman–Crippen MR) is 119 cm³/mol. The van der Waals surface area contributed by atoms with Crippen LogP contribution in [0.3, 0.4) is 0 Å². The summed E-state index contributed by atoms with van der Waals surface area (Å²) in [5.41, 5.74) is 3.69. The van der Waals surface area contributed by atoms with E-state index in [0.717, 1.165) is 29.7 Å². The third kappa shape index (κ3) is 4.98. The maximum absolute atomic E-state index is 12.5. The van der Waals surface area contributed by atoms with E-state index in [1.54, 1.807) is 6.07 Å². The molecule has 0 aromatic heterocycles. The summed E-state index contributed by atoms with van der Waals surface area (Å²) in [6.07, 6.45) is 9.94. The van der Waals surface area contributed by atoms with Crippen LogP contribution in [0.5, 0.6) is 0 Å². The number of fused-ring (bicyclic) bond motifs is 1. The fourth-order valence-electron chi connectivity index (χ4n) is 3.57. The molecular weight excluding hydrogens is 380 g/mol. The Morgan fingerprint density at radius 1 is 1.14 bits per heavy atom. The van der Waals surface area contributed by atoms with Gasteiger partial charge in [-0.2, -0.15) is 0 Å². The van der Waals surface area contributed by atoms with Gasteiger partial charge in [0.05, 0.1) is 10.6 Å². The lowest BCUT2D eigenvalue weighted by Gasteiger charge is -2.19.